The molecule has 110 valence electrons. The number of benzene rings is 1. The molecule has 0 aliphatic carbocycles. The van der Waals surface area contributed by atoms with Crippen LogP contribution in [0.5, 0.6) is 11.5 Å². The van der Waals surface area contributed by atoms with E-state index < -0.39 is 0 Å². The summed E-state index contributed by atoms with van der Waals surface area (Å²) in [5.74, 6) is 1.48. The summed E-state index contributed by atoms with van der Waals surface area (Å²) in [4.78, 5) is 14.1. The Labute approximate surface area is 119 Å². The van der Waals surface area contributed by atoms with Crippen molar-refractivity contribution in [3.05, 3.63) is 18.2 Å². The Hall–Kier alpha value is -1.91. The zero-order valence-electron chi connectivity index (χ0n) is 12.3. The second-order valence-corrected chi connectivity index (χ2v) is 4.97. The van der Waals surface area contributed by atoms with Gasteiger partial charge in [0.15, 0.2) is 11.5 Å². The van der Waals surface area contributed by atoms with Gasteiger partial charge in [-0.05, 0) is 31.9 Å². The molecule has 2 rings (SSSR count). The highest BCUT2D eigenvalue weighted by atomic mass is 16.5. The van der Waals surface area contributed by atoms with Crippen molar-refractivity contribution in [1.82, 2.24) is 4.90 Å². The number of carbonyl (C=O) groups is 1. The molecule has 1 saturated heterocycles. The molecular formula is C15H22N2O3. The number of nitrogens with zero attached hydrogens (tertiary/aromatic N) is 1. The van der Waals surface area contributed by atoms with Crippen molar-refractivity contribution in [3.8, 4) is 11.5 Å². The van der Waals surface area contributed by atoms with E-state index in [1.807, 2.05) is 30.0 Å². The van der Waals surface area contributed by atoms with E-state index in [0.29, 0.717) is 11.5 Å². The highest BCUT2D eigenvalue weighted by Gasteiger charge is 2.23. The van der Waals surface area contributed by atoms with Gasteiger partial charge >= 0.3 is 0 Å². The van der Waals surface area contributed by atoms with Gasteiger partial charge in [-0.3, -0.25) is 4.79 Å². The second kappa shape index (κ2) is 6.50. The summed E-state index contributed by atoms with van der Waals surface area (Å²) in [6.07, 6.45) is 2.21. The molecule has 5 heteroatoms. The molecule has 1 amide bonds. The minimum absolute atomic E-state index is 0.150. The number of carbonyl (C=O) groups excluding carboxylic acids is 1. The smallest absolute Gasteiger partial charge is 0.244 e. The van der Waals surface area contributed by atoms with Crippen LogP contribution in [-0.4, -0.2) is 44.2 Å². The molecule has 1 heterocycles. The standard InChI is InChI=1S/C15H22N2O3/c1-11(15(18)17-8-4-5-9-17)16-12-6-7-13(19-2)14(10-12)20-3/h6-7,10-11,16H,4-5,8-9H2,1-3H3. The quantitative estimate of drug-likeness (QED) is 0.896. The first kappa shape index (κ1) is 14.5. The maximum Gasteiger partial charge on any atom is 0.244 e. The van der Waals surface area contributed by atoms with E-state index in [2.05, 4.69) is 5.32 Å². The Balaban J connectivity index is 2.03. The van der Waals surface area contributed by atoms with Crippen molar-refractivity contribution in [3.63, 3.8) is 0 Å². The second-order valence-electron chi connectivity index (χ2n) is 4.97. The fraction of sp³-hybridized carbons (Fsp3) is 0.533. The highest BCUT2D eigenvalue weighted by Crippen LogP contribution is 2.30. The van der Waals surface area contributed by atoms with Gasteiger partial charge in [0.2, 0.25) is 5.91 Å². The van der Waals surface area contributed by atoms with Gasteiger partial charge < -0.3 is 19.7 Å². The fourth-order valence-electron chi connectivity index (χ4n) is 2.45. The normalized spacial score (nSPS) is 15.8. The van der Waals surface area contributed by atoms with Gasteiger partial charge in [-0.15, -0.1) is 0 Å². The lowest BCUT2D eigenvalue weighted by molar-refractivity contribution is -0.130. The van der Waals surface area contributed by atoms with E-state index in [0.717, 1.165) is 31.6 Å². The number of nitrogens with one attached hydrogen (secondary N) is 1. The Morgan fingerprint density at radius 3 is 2.45 bits per heavy atom. The fourth-order valence-corrected chi connectivity index (χ4v) is 2.45. The number of ether oxygens (including phenoxy) is 2. The van der Waals surface area contributed by atoms with Gasteiger partial charge in [0.25, 0.3) is 0 Å². The molecule has 1 fully saturated rings. The zero-order chi connectivity index (χ0) is 14.5. The number of amides is 1. The van der Waals surface area contributed by atoms with Crippen molar-refractivity contribution >= 4 is 11.6 Å². The van der Waals surface area contributed by atoms with Gasteiger partial charge in [-0.2, -0.15) is 0 Å². The monoisotopic (exact) mass is 278 g/mol. The van der Waals surface area contributed by atoms with Crippen molar-refractivity contribution < 1.29 is 14.3 Å². The minimum Gasteiger partial charge on any atom is -0.493 e. The maximum absolute atomic E-state index is 12.2. The van der Waals surface area contributed by atoms with Crippen LogP contribution in [0.2, 0.25) is 0 Å². The average Bonchev–Trinajstić information content (AvgIpc) is 3.00. The average molecular weight is 278 g/mol. The summed E-state index contributed by atoms with van der Waals surface area (Å²) in [6.45, 7) is 3.63. The Morgan fingerprint density at radius 1 is 1.20 bits per heavy atom. The van der Waals surface area contributed by atoms with Crippen LogP contribution < -0.4 is 14.8 Å². The molecule has 1 unspecified atom stereocenters. The lowest BCUT2D eigenvalue weighted by atomic mass is 10.2. The molecule has 0 saturated carbocycles. The molecule has 0 bridgehead atoms. The molecule has 1 aromatic rings. The molecular weight excluding hydrogens is 256 g/mol. The first-order valence-corrected chi connectivity index (χ1v) is 6.93. The predicted octanol–water partition coefficient (Wildman–Crippen LogP) is 2.13. The van der Waals surface area contributed by atoms with E-state index in [1.54, 1.807) is 14.2 Å². The van der Waals surface area contributed by atoms with E-state index >= 15 is 0 Å². The summed E-state index contributed by atoms with van der Waals surface area (Å²) < 4.78 is 10.5. The van der Waals surface area contributed by atoms with E-state index in [9.17, 15) is 4.79 Å². The molecule has 1 atom stereocenters. The topological polar surface area (TPSA) is 50.8 Å². The zero-order valence-corrected chi connectivity index (χ0v) is 12.3. The van der Waals surface area contributed by atoms with Gasteiger partial charge in [0.1, 0.15) is 6.04 Å². The molecule has 1 aliphatic rings. The van der Waals surface area contributed by atoms with Crippen LogP contribution >= 0.6 is 0 Å². The first-order chi connectivity index (χ1) is 9.65. The number of likely N-dealkylation sites (tertiary alicyclic amines) is 1. The van der Waals surface area contributed by atoms with Crippen molar-refractivity contribution in [2.75, 3.05) is 32.6 Å². The lowest BCUT2D eigenvalue weighted by Crippen LogP contribution is -2.39. The van der Waals surface area contributed by atoms with E-state index in [-0.39, 0.29) is 11.9 Å². The Morgan fingerprint density at radius 2 is 1.85 bits per heavy atom. The first-order valence-electron chi connectivity index (χ1n) is 6.93. The third kappa shape index (κ3) is 3.15. The van der Waals surface area contributed by atoms with Crippen molar-refractivity contribution in [1.29, 1.82) is 0 Å². The summed E-state index contributed by atoms with van der Waals surface area (Å²) in [5, 5.41) is 3.22. The Bertz CT molecular complexity index is 470. The van der Waals surface area contributed by atoms with Crippen LogP contribution in [0.3, 0.4) is 0 Å². The van der Waals surface area contributed by atoms with Crippen molar-refractivity contribution in [2.24, 2.45) is 0 Å². The van der Waals surface area contributed by atoms with E-state index in [4.69, 9.17) is 9.47 Å². The highest BCUT2D eigenvalue weighted by molar-refractivity contribution is 5.84. The largest absolute Gasteiger partial charge is 0.493 e. The molecule has 1 aliphatic heterocycles. The molecule has 1 N–H and O–H groups in total. The van der Waals surface area contributed by atoms with Crippen LogP contribution in [0.15, 0.2) is 18.2 Å². The summed E-state index contributed by atoms with van der Waals surface area (Å²) in [6, 6.07) is 5.31. The lowest BCUT2D eigenvalue weighted by Gasteiger charge is -2.22. The molecule has 0 spiro atoms. The van der Waals surface area contributed by atoms with Gasteiger partial charge in [0, 0.05) is 24.8 Å². The molecule has 0 radical (unpaired) electrons. The number of rotatable bonds is 5. The summed E-state index contributed by atoms with van der Waals surface area (Å²) in [7, 11) is 3.20. The number of hydrogen-bond donors (Lipinski definition) is 1. The third-order valence-electron chi connectivity index (χ3n) is 3.55. The van der Waals surface area contributed by atoms with Gasteiger partial charge in [-0.25, -0.2) is 0 Å². The number of hydrogen-bond acceptors (Lipinski definition) is 4. The van der Waals surface area contributed by atoms with Crippen LogP contribution in [0.4, 0.5) is 5.69 Å². The molecule has 5 nitrogen and oxygen atoms in total. The summed E-state index contributed by atoms with van der Waals surface area (Å²) in [5.41, 5.74) is 0.850. The SMILES string of the molecule is COc1ccc(NC(C)C(=O)N2CCCC2)cc1OC. The Kier molecular flexibility index (Phi) is 4.71. The minimum atomic E-state index is -0.244. The van der Waals surface area contributed by atoms with Crippen LogP contribution in [0, 0.1) is 0 Å². The van der Waals surface area contributed by atoms with Gasteiger partial charge in [-0.1, -0.05) is 0 Å². The van der Waals surface area contributed by atoms with Crippen LogP contribution in [0.25, 0.3) is 0 Å². The molecule has 1 aromatic carbocycles. The molecule has 0 aromatic heterocycles. The van der Waals surface area contributed by atoms with Crippen LogP contribution in [-0.2, 0) is 4.79 Å². The predicted molar refractivity (Wildman–Crippen MR) is 78.4 cm³/mol. The summed E-state index contributed by atoms with van der Waals surface area (Å²) >= 11 is 0. The van der Waals surface area contributed by atoms with Crippen molar-refractivity contribution in [2.45, 2.75) is 25.8 Å². The van der Waals surface area contributed by atoms with E-state index in [1.165, 1.54) is 0 Å². The molecule has 20 heavy (non-hydrogen) atoms. The van der Waals surface area contributed by atoms with Gasteiger partial charge in [0.05, 0.1) is 14.2 Å². The van der Waals surface area contributed by atoms with Crippen LogP contribution in [0.1, 0.15) is 19.8 Å². The number of methoxy groups -OCH3 is 2. The third-order valence-corrected chi connectivity index (χ3v) is 3.55. The number of anilines is 1. The maximum atomic E-state index is 12.2.